The first-order valence-electron chi connectivity index (χ1n) is 7.61. The molecule has 2 nitrogen and oxygen atoms in total. The van der Waals surface area contributed by atoms with Crippen molar-refractivity contribution in [3.8, 4) is 0 Å². The lowest BCUT2D eigenvalue weighted by Crippen LogP contribution is -2.41. The van der Waals surface area contributed by atoms with Crippen molar-refractivity contribution >= 4 is 0 Å². The van der Waals surface area contributed by atoms with E-state index in [2.05, 4.69) is 37.9 Å². The van der Waals surface area contributed by atoms with Crippen LogP contribution >= 0.6 is 0 Å². The fraction of sp³-hybridized carbons (Fsp3) is 1.00. The molecule has 0 bridgehead atoms. The fourth-order valence-electron chi connectivity index (χ4n) is 2.88. The van der Waals surface area contributed by atoms with E-state index in [4.69, 9.17) is 0 Å². The standard InChI is InChI=1S/C15H32N2/c1-5-9-16-14(3)7-6-10-17-11-8-13(2)12-15(17)4/h13-16H,5-12H2,1-4H3. The number of piperidine rings is 1. The number of hydrogen-bond acceptors (Lipinski definition) is 2. The van der Waals surface area contributed by atoms with Crippen LogP contribution in [0, 0.1) is 5.92 Å². The maximum Gasteiger partial charge on any atom is 0.00694 e. The average Bonchev–Trinajstić information content (AvgIpc) is 2.29. The zero-order valence-corrected chi connectivity index (χ0v) is 12.3. The van der Waals surface area contributed by atoms with Gasteiger partial charge < -0.3 is 10.2 Å². The molecule has 0 radical (unpaired) electrons. The van der Waals surface area contributed by atoms with Gasteiger partial charge in [-0.2, -0.15) is 0 Å². The molecule has 0 aromatic rings. The van der Waals surface area contributed by atoms with Crippen LogP contribution in [0.3, 0.4) is 0 Å². The summed E-state index contributed by atoms with van der Waals surface area (Å²) in [6.45, 7) is 13.1. The Bertz CT molecular complexity index is 193. The molecule has 1 fully saturated rings. The van der Waals surface area contributed by atoms with Gasteiger partial charge in [0.2, 0.25) is 0 Å². The lowest BCUT2D eigenvalue weighted by Gasteiger charge is -2.36. The number of likely N-dealkylation sites (tertiary alicyclic amines) is 1. The van der Waals surface area contributed by atoms with Crippen molar-refractivity contribution in [3.05, 3.63) is 0 Å². The minimum Gasteiger partial charge on any atom is -0.314 e. The van der Waals surface area contributed by atoms with Gasteiger partial charge in [0.15, 0.2) is 0 Å². The van der Waals surface area contributed by atoms with Gasteiger partial charge in [-0.1, -0.05) is 13.8 Å². The van der Waals surface area contributed by atoms with E-state index in [0.29, 0.717) is 6.04 Å². The lowest BCUT2D eigenvalue weighted by molar-refractivity contribution is 0.126. The summed E-state index contributed by atoms with van der Waals surface area (Å²) < 4.78 is 0. The van der Waals surface area contributed by atoms with Crippen molar-refractivity contribution in [2.45, 2.75) is 71.9 Å². The summed E-state index contributed by atoms with van der Waals surface area (Å²) in [6, 6.07) is 1.49. The molecule has 102 valence electrons. The van der Waals surface area contributed by atoms with E-state index < -0.39 is 0 Å². The summed E-state index contributed by atoms with van der Waals surface area (Å²) in [5.41, 5.74) is 0. The molecule has 1 aliphatic heterocycles. The average molecular weight is 240 g/mol. The molecule has 0 spiro atoms. The topological polar surface area (TPSA) is 15.3 Å². The van der Waals surface area contributed by atoms with Gasteiger partial charge in [-0.3, -0.25) is 0 Å². The van der Waals surface area contributed by atoms with Crippen LogP contribution < -0.4 is 5.32 Å². The molecule has 1 saturated heterocycles. The summed E-state index contributed by atoms with van der Waals surface area (Å²) in [5, 5.41) is 3.57. The summed E-state index contributed by atoms with van der Waals surface area (Å²) >= 11 is 0. The van der Waals surface area contributed by atoms with Crippen LogP contribution in [0.5, 0.6) is 0 Å². The Labute approximate surface area is 108 Å². The van der Waals surface area contributed by atoms with Gasteiger partial charge in [0, 0.05) is 12.1 Å². The highest BCUT2D eigenvalue weighted by atomic mass is 15.2. The molecule has 1 rings (SSSR count). The van der Waals surface area contributed by atoms with E-state index >= 15 is 0 Å². The van der Waals surface area contributed by atoms with Gasteiger partial charge in [0.25, 0.3) is 0 Å². The Hall–Kier alpha value is -0.0800. The Morgan fingerprint density at radius 3 is 2.76 bits per heavy atom. The summed E-state index contributed by atoms with van der Waals surface area (Å²) in [6.07, 6.45) is 6.69. The van der Waals surface area contributed by atoms with Gasteiger partial charge in [-0.25, -0.2) is 0 Å². The largest absolute Gasteiger partial charge is 0.314 e. The summed E-state index contributed by atoms with van der Waals surface area (Å²) in [5.74, 6) is 0.936. The third kappa shape index (κ3) is 5.87. The molecule has 0 saturated carbocycles. The minimum absolute atomic E-state index is 0.689. The van der Waals surface area contributed by atoms with Crippen LogP contribution in [0.25, 0.3) is 0 Å². The van der Waals surface area contributed by atoms with Crippen molar-refractivity contribution < 1.29 is 0 Å². The quantitative estimate of drug-likeness (QED) is 0.735. The molecule has 17 heavy (non-hydrogen) atoms. The number of nitrogens with one attached hydrogen (secondary N) is 1. The zero-order chi connectivity index (χ0) is 12.7. The van der Waals surface area contributed by atoms with Crippen molar-refractivity contribution in [2.24, 2.45) is 5.92 Å². The second kappa shape index (κ2) is 8.10. The van der Waals surface area contributed by atoms with Crippen molar-refractivity contribution in [3.63, 3.8) is 0 Å². The molecular weight excluding hydrogens is 208 g/mol. The number of nitrogens with zero attached hydrogens (tertiary/aromatic N) is 1. The van der Waals surface area contributed by atoms with Crippen molar-refractivity contribution in [1.82, 2.24) is 10.2 Å². The molecule has 0 aliphatic carbocycles. The van der Waals surface area contributed by atoms with Gasteiger partial charge in [-0.15, -0.1) is 0 Å². The van der Waals surface area contributed by atoms with Crippen LogP contribution in [0.4, 0.5) is 0 Å². The van der Waals surface area contributed by atoms with Crippen LogP contribution in [0.2, 0.25) is 0 Å². The van der Waals surface area contributed by atoms with Crippen LogP contribution in [-0.4, -0.2) is 36.6 Å². The summed E-state index contributed by atoms with van der Waals surface area (Å²) in [7, 11) is 0. The second-order valence-electron chi connectivity index (χ2n) is 6.01. The first-order chi connectivity index (χ1) is 8.13. The van der Waals surface area contributed by atoms with E-state index in [0.717, 1.165) is 12.0 Å². The number of hydrogen-bond donors (Lipinski definition) is 1. The van der Waals surface area contributed by atoms with E-state index in [1.807, 2.05) is 0 Å². The normalized spacial score (nSPS) is 28.2. The molecule has 1 heterocycles. The maximum absolute atomic E-state index is 3.57. The highest BCUT2D eigenvalue weighted by Gasteiger charge is 2.22. The van der Waals surface area contributed by atoms with Gasteiger partial charge in [-0.05, 0) is 71.5 Å². The predicted molar refractivity (Wildman–Crippen MR) is 76.4 cm³/mol. The van der Waals surface area contributed by atoms with Crippen LogP contribution in [-0.2, 0) is 0 Å². The molecule has 0 aromatic heterocycles. The summed E-state index contributed by atoms with van der Waals surface area (Å²) in [4.78, 5) is 2.69. The van der Waals surface area contributed by atoms with Crippen molar-refractivity contribution in [2.75, 3.05) is 19.6 Å². The Morgan fingerprint density at radius 1 is 1.35 bits per heavy atom. The monoisotopic (exact) mass is 240 g/mol. The lowest BCUT2D eigenvalue weighted by atomic mass is 9.93. The van der Waals surface area contributed by atoms with Crippen LogP contribution in [0.15, 0.2) is 0 Å². The molecule has 2 heteroatoms. The van der Waals surface area contributed by atoms with Gasteiger partial charge >= 0.3 is 0 Å². The zero-order valence-electron chi connectivity index (χ0n) is 12.3. The van der Waals surface area contributed by atoms with Crippen LogP contribution in [0.1, 0.15) is 59.8 Å². The van der Waals surface area contributed by atoms with E-state index in [1.54, 1.807) is 0 Å². The Balaban J connectivity index is 2.09. The molecule has 3 atom stereocenters. The maximum atomic E-state index is 3.57. The second-order valence-corrected chi connectivity index (χ2v) is 6.01. The first-order valence-corrected chi connectivity index (χ1v) is 7.61. The van der Waals surface area contributed by atoms with E-state index in [-0.39, 0.29) is 0 Å². The van der Waals surface area contributed by atoms with E-state index in [9.17, 15) is 0 Å². The molecule has 0 amide bonds. The highest BCUT2D eigenvalue weighted by molar-refractivity contribution is 4.77. The third-order valence-corrected chi connectivity index (χ3v) is 4.10. The predicted octanol–water partition coefficient (Wildman–Crippen LogP) is 3.28. The SMILES string of the molecule is CCCNC(C)CCCN1CCC(C)CC1C. The highest BCUT2D eigenvalue weighted by Crippen LogP contribution is 2.22. The first kappa shape index (κ1) is 15.0. The van der Waals surface area contributed by atoms with E-state index in [1.165, 1.54) is 51.7 Å². The molecule has 1 N–H and O–H groups in total. The molecular formula is C15H32N2. The number of rotatable bonds is 7. The Kier molecular flexibility index (Phi) is 7.14. The molecule has 0 aromatic carbocycles. The van der Waals surface area contributed by atoms with Gasteiger partial charge in [0.05, 0.1) is 0 Å². The minimum atomic E-state index is 0.689. The smallest absolute Gasteiger partial charge is 0.00694 e. The molecule has 1 aliphatic rings. The third-order valence-electron chi connectivity index (χ3n) is 4.10. The molecule has 3 unspecified atom stereocenters. The van der Waals surface area contributed by atoms with Gasteiger partial charge in [0.1, 0.15) is 0 Å². The van der Waals surface area contributed by atoms with Crippen molar-refractivity contribution in [1.29, 1.82) is 0 Å². The Morgan fingerprint density at radius 2 is 2.12 bits per heavy atom. The fourth-order valence-corrected chi connectivity index (χ4v) is 2.88.